The molecule has 102 valence electrons. The Morgan fingerprint density at radius 2 is 1.53 bits per heavy atom. The molecule has 19 heavy (non-hydrogen) atoms. The van der Waals surface area contributed by atoms with Crippen molar-refractivity contribution in [3.8, 4) is 23.8 Å². The molecule has 1 unspecified atom stereocenters. The van der Waals surface area contributed by atoms with Crippen LogP contribution >= 0.6 is 9.24 Å². The Balaban J connectivity index is 1.64. The van der Waals surface area contributed by atoms with Crippen LogP contribution in [-0.2, 0) is 0 Å². The first-order chi connectivity index (χ1) is 8.94. The van der Waals surface area contributed by atoms with Gasteiger partial charge in [-0.15, -0.1) is 9.24 Å². The van der Waals surface area contributed by atoms with Crippen LogP contribution in [0.4, 0.5) is 0 Å². The molecule has 0 amide bonds. The lowest BCUT2D eigenvalue weighted by Gasteiger charge is -2.56. The van der Waals surface area contributed by atoms with Crippen LogP contribution < -0.4 is 5.32 Å². The van der Waals surface area contributed by atoms with Gasteiger partial charge in [0.2, 0.25) is 0 Å². The van der Waals surface area contributed by atoms with Crippen molar-refractivity contribution in [1.82, 2.24) is 5.32 Å². The Morgan fingerprint density at radius 3 is 2.00 bits per heavy atom. The van der Waals surface area contributed by atoms with Crippen molar-refractivity contribution in [3.63, 3.8) is 0 Å². The molecule has 0 radical (unpaired) electrons. The van der Waals surface area contributed by atoms with Crippen LogP contribution in [0.5, 0.6) is 0 Å². The fraction of sp³-hybridized carbons (Fsp3) is 0.765. The van der Waals surface area contributed by atoms with Gasteiger partial charge >= 0.3 is 0 Å². The zero-order valence-corrected chi connectivity index (χ0v) is 13.2. The minimum Gasteiger partial charge on any atom is -0.339 e. The lowest BCUT2D eigenvalue weighted by molar-refractivity contribution is -0.0115. The summed E-state index contributed by atoms with van der Waals surface area (Å²) < 4.78 is 0. The van der Waals surface area contributed by atoms with Crippen molar-refractivity contribution in [3.05, 3.63) is 0 Å². The molecule has 2 heteroatoms. The van der Waals surface area contributed by atoms with Crippen LogP contribution in [0, 0.1) is 41.6 Å². The second-order valence-corrected chi connectivity index (χ2v) is 8.99. The summed E-state index contributed by atoms with van der Waals surface area (Å²) in [5.41, 5.74) is 0.333. The van der Waals surface area contributed by atoms with E-state index in [1.54, 1.807) is 0 Å². The van der Waals surface area contributed by atoms with E-state index in [2.05, 4.69) is 52.2 Å². The summed E-state index contributed by atoms with van der Waals surface area (Å²) in [5.74, 6) is 12.0. The first-order valence-corrected chi connectivity index (χ1v) is 8.10. The summed E-state index contributed by atoms with van der Waals surface area (Å²) in [7, 11) is 2.73. The van der Waals surface area contributed by atoms with Crippen molar-refractivity contribution in [2.75, 3.05) is 0 Å². The fourth-order valence-electron chi connectivity index (χ4n) is 4.65. The summed E-state index contributed by atoms with van der Waals surface area (Å²) in [5, 5.41) is 3.51. The number of hydrogen-bond acceptors (Lipinski definition) is 1. The highest BCUT2D eigenvalue weighted by Crippen LogP contribution is 2.55. The zero-order valence-electron chi connectivity index (χ0n) is 12.1. The van der Waals surface area contributed by atoms with Crippen LogP contribution in [0.3, 0.4) is 0 Å². The van der Waals surface area contributed by atoms with Crippen LogP contribution in [0.1, 0.15) is 52.4 Å². The van der Waals surface area contributed by atoms with Crippen molar-refractivity contribution < 1.29 is 0 Å². The average Bonchev–Trinajstić information content (AvgIpc) is 2.24. The molecule has 4 rings (SSSR count). The second-order valence-electron chi connectivity index (χ2n) is 7.54. The number of hydrogen-bond donors (Lipinski definition) is 1. The molecule has 1 nitrogen and oxygen atoms in total. The maximum Gasteiger partial charge on any atom is 0.0458 e. The van der Waals surface area contributed by atoms with Gasteiger partial charge in [0.05, 0.1) is 0 Å². The van der Waals surface area contributed by atoms with Gasteiger partial charge in [0.15, 0.2) is 0 Å². The maximum absolute atomic E-state index is 3.54. The molecule has 0 saturated heterocycles. The monoisotopic (exact) mass is 273 g/mol. The lowest BCUT2D eigenvalue weighted by Crippen LogP contribution is -2.57. The molecule has 4 bridgehead atoms. The van der Waals surface area contributed by atoms with Gasteiger partial charge < -0.3 is 5.32 Å². The maximum atomic E-state index is 3.54. The van der Waals surface area contributed by atoms with Crippen molar-refractivity contribution in [1.29, 1.82) is 0 Å². The number of nitrogens with one attached hydrogen (secondary N) is 1. The molecular weight excluding hydrogens is 249 g/mol. The van der Waals surface area contributed by atoms with Crippen LogP contribution in [0.25, 0.3) is 0 Å². The molecule has 4 saturated carbocycles. The van der Waals surface area contributed by atoms with Gasteiger partial charge in [-0.2, -0.15) is 0 Å². The van der Waals surface area contributed by atoms with E-state index in [0.29, 0.717) is 5.54 Å². The molecule has 1 N–H and O–H groups in total. The molecule has 0 aromatic rings. The van der Waals surface area contributed by atoms with Gasteiger partial charge in [-0.05, 0) is 76.0 Å². The van der Waals surface area contributed by atoms with E-state index in [0.717, 1.165) is 17.8 Å². The molecule has 0 aromatic heterocycles. The third-order valence-electron chi connectivity index (χ3n) is 4.88. The molecule has 0 aromatic carbocycles. The highest BCUT2D eigenvalue weighted by Gasteiger charge is 2.50. The Hall–Kier alpha value is -0.650. The van der Waals surface area contributed by atoms with E-state index >= 15 is 0 Å². The third kappa shape index (κ3) is 3.09. The SMILES string of the molecule is CC(C)(P)C#CC#CNC12CC3CC(CC(C3)C1)C2. The van der Waals surface area contributed by atoms with E-state index in [1.165, 1.54) is 38.5 Å². The van der Waals surface area contributed by atoms with Crippen LogP contribution in [0.15, 0.2) is 0 Å². The summed E-state index contributed by atoms with van der Waals surface area (Å²) >= 11 is 0. The van der Waals surface area contributed by atoms with Gasteiger partial charge in [0.25, 0.3) is 0 Å². The topological polar surface area (TPSA) is 12.0 Å². The van der Waals surface area contributed by atoms with Crippen molar-refractivity contribution in [2.24, 2.45) is 17.8 Å². The van der Waals surface area contributed by atoms with E-state index < -0.39 is 0 Å². The average molecular weight is 273 g/mol. The predicted molar refractivity (Wildman–Crippen MR) is 83.4 cm³/mol. The first-order valence-electron chi connectivity index (χ1n) is 7.52. The summed E-state index contributed by atoms with van der Waals surface area (Å²) in [6, 6.07) is 3.13. The smallest absolute Gasteiger partial charge is 0.0458 e. The van der Waals surface area contributed by atoms with Gasteiger partial charge in [0, 0.05) is 22.7 Å². The predicted octanol–water partition coefficient (Wildman–Crippen LogP) is 3.16. The van der Waals surface area contributed by atoms with Gasteiger partial charge in [-0.1, -0.05) is 5.92 Å². The van der Waals surface area contributed by atoms with Gasteiger partial charge in [-0.25, -0.2) is 0 Å². The summed E-state index contributed by atoms with van der Waals surface area (Å²) in [6.07, 6.45) is 8.48. The van der Waals surface area contributed by atoms with E-state index in [4.69, 9.17) is 0 Å². The minimum atomic E-state index is -0.0324. The standard InChI is InChI=1S/C17H24NP/c1-16(2,19)5-3-4-6-18-17-10-13-7-14(11-17)9-15(8-13)12-17/h13-15,18H,7-12,19H2,1-2H3. The largest absolute Gasteiger partial charge is 0.339 e. The Kier molecular flexibility index (Phi) is 3.31. The van der Waals surface area contributed by atoms with Crippen LogP contribution in [0.2, 0.25) is 0 Å². The minimum absolute atomic E-state index is 0.0324. The molecule has 4 aliphatic carbocycles. The van der Waals surface area contributed by atoms with E-state index in [9.17, 15) is 0 Å². The Labute approximate surface area is 119 Å². The second kappa shape index (κ2) is 4.72. The van der Waals surface area contributed by atoms with Gasteiger partial charge in [0.1, 0.15) is 0 Å². The lowest BCUT2D eigenvalue weighted by atomic mass is 9.53. The van der Waals surface area contributed by atoms with E-state index in [-0.39, 0.29) is 5.16 Å². The summed E-state index contributed by atoms with van der Waals surface area (Å²) in [4.78, 5) is 0. The third-order valence-corrected chi connectivity index (χ3v) is 5.02. The number of rotatable bonds is 1. The van der Waals surface area contributed by atoms with Crippen molar-refractivity contribution >= 4 is 9.24 Å². The molecular formula is C17H24NP. The van der Waals surface area contributed by atoms with Crippen LogP contribution in [-0.4, -0.2) is 10.7 Å². The Morgan fingerprint density at radius 1 is 1.00 bits per heavy atom. The first kappa shape index (κ1) is 13.3. The highest BCUT2D eigenvalue weighted by molar-refractivity contribution is 7.19. The molecule has 4 aliphatic rings. The highest BCUT2D eigenvalue weighted by atomic mass is 31.0. The fourth-order valence-corrected chi connectivity index (χ4v) is 4.72. The normalized spacial score (nSPS) is 39.0. The summed E-state index contributed by atoms with van der Waals surface area (Å²) in [6.45, 7) is 4.16. The molecule has 0 spiro atoms. The quantitative estimate of drug-likeness (QED) is 0.439. The zero-order chi connectivity index (χ0) is 13.5. The molecule has 4 fully saturated rings. The van der Waals surface area contributed by atoms with E-state index in [1.807, 2.05) is 0 Å². The molecule has 1 atom stereocenters. The van der Waals surface area contributed by atoms with Gasteiger partial charge in [-0.3, -0.25) is 0 Å². The Bertz CT molecular complexity index is 442. The molecule has 0 aliphatic heterocycles. The van der Waals surface area contributed by atoms with Crippen molar-refractivity contribution in [2.45, 2.75) is 63.1 Å². The molecule has 0 heterocycles.